The highest BCUT2D eigenvalue weighted by molar-refractivity contribution is 6.03. The van der Waals surface area contributed by atoms with Gasteiger partial charge >= 0.3 is 0 Å². The summed E-state index contributed by atoms with van der Waals surface area (Å²) >= 11 is 0. The van der Waals surface area contributed by atoms with Crippen molar-refractivity contribution in [1.29, 1.82) is 0 Å². The van der Waals surface area contributed by atoms with Crippen LogP contribution < -0.4 is 17.3 Å². The van der Waals surface area contributed by atoms with Crippen LogP contribution in [-0.4, -0.2) is 76.7 Å². The van der Waals surface area contributed by atoms with Crippen LogP contribution in [0.2, 0.25) is 0 Å². The van der Waals surface area contributed by atoms with Gasteiger partial charge in [0, 0.05) is 41.1 Å². The van der Waals surface area contributed by atoms with E-state index in [1.54, 1.807) is 0 Å². The van der Waals surface area contributed by atoms with Gasteiger partial charge in [-0.2, -0.15) is 4.58 Å². The molecule has 0 spiro atoms. The van der Waals surface area contributed by atoms with Gasteiger partial charge in [0.15, 0.2) is 5.71 Å². The van der Waals surface area contributed by atoms with Crippen LogP contribution in [0.25, 0.3) is 0 Å². The summed E-state index contributed by atoms with van der Waals surface area (Å²) in [6.07, 6.45) is 16.1. The van der Waals surface area contributed by atoms with Crippen LogP contribution in [-0.2, 0) is 29.8 Å². The molecule has 44 heavy (non-hydrogen) atoms. The first-order valence-electron chi connectivity index (χ1n) is 15.2. The van der Waals surface area contributed by atoms with E-state index >= 15 is 0 Å². The van der Waals surface area contributed by atoms with Crippen LogP contribution >= 0.6 is 0 Å². The Kier molecular flexibility index (Phi) is 13.5. The minimum absolute atomic E-state index is 0. The molecule has 4 rings (SSSR count). The van der Waals surface area contributed by atoms with Crippen molar-refractivity contribution in [2.45, 2.75) is 38.5 Å². The molecule has 0 unspecified atom stereocenters. The molecular weight excluding hydrogens is 572 g/mol. The molecule has 0 bridgehead atoms. The van der Waals surface area contributed by atoms with E-state index in [2.05, 4.69) is 129 Å². The zero-order valence-corrected chi connectivity index (χ0v) is 27.6. The second-order valence-corrected chi connectivity index (χ2v) is 11.8. The molecule has 0 N–H and O–H groups in total. The first-order chi connectivity index (χ1) is 20.8. The molecule has 0 saturated carbocycles. The average Bonchev–Trinajstić information content (AvgIpc) is 3.33. The Morgan fingerprint density at radius 1 is 0.750 bits per heavy atom. The van der Waals surface area contributed by atoms with Crippen molar-refractivity contribution in [2.24, 2.45) is 0 Å². The highest BCUT2D eigenvalue weighted by atomic mass is 35.5. The third-order valence-corrected chi connectivity index (χ3v) is 8.23. The molecule has 0 aliphatic carbocycles. The van der Waals surface area contributed by atoms with E-state index in [-0.39, 0.29) is 23.2 Å². The summed E-state index contributed by atoms with van der Waals surface area (Å²) in [5.74, 6) is 2.43. The summed E-state index contributed by atoms with van der Waals surface area (Å²) < 4.78 is 24.5. The van der Waals surface area contributed by atoms with E-state index in [4.69, 9.17) is 25.4 Å². The zero-order chi connectivity index (χ0) is 30.7. The number of halogens is 1. The quantitative estimate of drug-likeness (QED) is 0.125. The molecule has 0 aromatic heterocycles. The predicted molar refractivity (Wildman–Crippen MR) is 176 cm³/mol. The van der Waals surface area contributed by atoms with Crippen LogP contribution in [0, 0.1) is 12.3 Å². The lowest BCUT2D eigenvalue weighted by atomic mass is 9.81. The van der Waals surface area contributed by atoms with Crippen molar-refractivity contribution in [1.82, 2.24) is 0 Å². The van der Waals surface area contributed by atoms with E-state index in [9.17, 15) is 0 Å². The predicted octanol–water partition coefficient (Wildman–Crippen LogP) is 3.19. The SMILES string of the molecule is C#CCOCCOCCOCCOCCN1\C(=C/C=C/C=C/C2=[N+](C)c3ccccc3C2(C)C)C(C)(C)c2ccccc21.[Cl-]. The molecule has 2 heterocycles. The smallest absolute Gasteiger partial charge is 0.209 e. The summed E-state index contributed by atoms with van der Waals surface area (Å²) in [5, 5.41) is 0. The van der Waals surface area contributed by atoms with E-state index in [1.807, 2.05) is 0 Å². The Balaban J connectivity index is 0.00000529. The van der Waals surface area contributed by atoms with E-state index in [0.29, 0.717) is 52.9 Å². The zero-order valence-electron chi connectivity index (χ0n) is 26.9. The van der Waals surface area contributed by atoms with Gasteiger partial charge in [0.2, 0.25) is 5.69 Å². The molecule has 0 fully saturated rings. The van der Waals surface area contributed by atoms with E-state index in [0.717, 1.165) is 6.54 Å². The van der Waals surface area contributed by atoms with Crippen molar-refractivity contribution >= 4 is 17.1 Å². The fourth-order valence-corrected chi connectivity index (χ4v) is 5.99. The van der Waals surface area contributed by atoms with Gasteiger partial charge in [-0.1, -0.05) is 74.4 Å². The summed E-state index contributed by atoms with van der Waals surface area (Å²) in [6.45, 7) is 14.0. The molecule has 2 aliphatic heterocycles. The lowest BCUT2D eigenvalue weighted by molar-refractivity contribution is -0.401. The maximum Gasteiger partial charge on any atom is 0.209 e. The highest BCUT2D eigenvalue weighted by Gasteiger charge is 2.42. The first kappa shape index (κ1) is 35.3. The van der Waals surface area contributed by atoms with Crippen LogP contribution in [0.4, 0.5) is 11.4 Å². The van der Waals surface area contributed by atoms with Crippen LogP contribution in [0.5, 0.6) is 0 Å². The monoisotopic (exact) mass is 618 g/mol. The van der Waals surface area contributed by atoms with Crippen molar-refractivity contribution in [3.63, 3.8) is 0 Å². The molecule has 0 amide bonds. The van der Waals surface area contributed by atoms with Gasteiger partial charge in [-0.3, -0.25) is 0 Å². The third kappa shape index (κ3) is 8.29. The maximum absolute atomic E-state index is 5.95. The summed E-state index contributed by atoms with van der Waals surface area (Å²) in [5.41, 5.74) is 7.64. The maximum atomic E-state index is 5.95. The number of fused-ring (bicyclic) bond motifs is 2. The molecule has 0 saturated heterocycles. The molecule has 2 aliphatic rings. The molecule has 6 nitrogen and oxygen atoms in total. The third-order valence-electron chi connectivity index (χ3n) is 8.23. The Morgan fingerprint density at radius 2 is 1.34 bits per heavy atom. The van der Waals surface area contributed by atoms with Gasteiger partial charge in [-0.05, 0) is 31.6 Å². The average molecular weight is 619 g/mol. The normalized spacial score (nSPS) is 17.4. The number of anilines is 1. The van der Waals surface area contributed by atoms with Gasteiger partial charge in [-0.25, -0.2) is 0 Å². The number of hydrogen-bond donors (Lipinski definition) is 0. The first-order valence-corrected chi connectivity index (χ1v) is 15.2. The van der Waals surface area contributed by atoms with Crippen molar-refractivity contribution in [2.75, 3.05) is 71.3 Å². The van der Waals surface area contributed by atoms with Crippen molar-refractivity contribution in [3.8, 4) is 12.3 Å². The fraction of sp³-hybridized carbons (Fsp3) is 0.432. The standard InChI is InChI=1S/C37H47N2O4.ClH/c1-7-22-40-24-26-42-28-29-43-27-25-41-23-21-39-33-18-14-12-16-31(33)37(4,5)35(39)20-10-8-9-19-34-36(2,3)30-15-11-13-17-32(30)38(34)6;/h1,8-20H,21-29H2,2-6H3;1H/q+1;/p-1. The molecule has 2 aromatic carbocycles. The minimum atomic E-state index is -0.107. The van der Waals surface area contributed by atoms with Gasteiger partial charge in [0.25, 0.3) is 0 Å². The largest absolute Gasteiger partial charge is 1.00 e. The van der Waals surface area contributed by atoms with Crippen molar-refractivity contribution in [3.05, 3.63) is 95.7 Å². The minimum Gasteiger partial charge on any atom is -1.00 e. The topological polar surface area (TPSA) is 43.2 Å². The van der Waals surface area contributed by atoms with Crippen LogP contribution in [0.1, 0.15) is 38.8 Å². The Labute approximate surface area is 270 Å². The number of ether oxygens (including phenoxy) is 4. The number of allylic oxidation sites excluding steroid dienone is 6. The number of rotatable bonds is 16. The lowest BCUT2D eigenvalue weighted by Gasteiger charge is -2.27. The second kappa shape index (κ2) is 16.8. The summed E-state index contributed by atoms with van der Waals surface area (Å²) in [7, 11) is 2.15. The van der Waals surface area contributed by atoms with Crippen molar-refractivity contribution < 1.29 is 35.9 Å². The molecular formula is C37H47ClN2O4. The molecule has 0 atom stereocenters. The second-order valence-electron chi connectivity index (χ2n) is 11.8. The number of para-hydroxylation sites is 2. The number of terminal acetylenes is 1. The van der Waals surface area contributed by atoms with E-state index < -0.39 is 0 Å². The fourth-order valence-electron chi connectivity index (χ4n) is 5.99. The van der Waals surface area contributed by atoms with Gasteiger partial charge in [0.1, 0.15) is 13.7 Å². The highest BCUT2D eigenvalue weighted by Crippen LogP contribution is 2.47. The van der Waals surface area contributed by atoms with Crippen LogP contribution in [0.15, 0.2) is 84.6 Å². The molecule has 7 heteroatoms. The van der Waals surface area contributed by atoms with Gasteiger partial charge in [-0.15, -0.1) is 6.42 Å². The number of hydrogen-bond acceptors (Lipinski definition) is 5. The Morgan fingerprint density at radius 3 is 2.00 bits per heavy atom. The number of nitrogens with zero attached hydrogens (tertiary/aromatic N) is 2. The molecule has 0 radical (unpaired) electrons. The van der Waals surface area contributed by atoms with E-state index in [1.165, 1.54) is 33.9 Å². The summed E-state index contributed by atoms with van der Waals surface area (Å²) in [6, 6.07) is 17.3. The molecule has 236 valence electrons. The van der Waals surface area contributed by atoms with Gasteiger partial charge in [0.05, 0.1) is 51.7 Å². The van der Waals surface area contributed by atoms with Crippen LogP contribution in [0.3, 0.4) is 0 Å². The van der Waals surface area contributed by atoms with Gasteiger partial charge < -0.3 is 36.3 Å². The Hall–Kier alpha value is -3.18. The lowest BCUT2D eigenvalue weighted by Crippen LogP contribution is -3.00. The Bertz CT molecular complexity index is 1400. The molecule has 2 aromatic rings. The number of benzene rings is 2. The summed E-state index contributed by atoms with van der Waals surface area (Å²) in [4.78, 5) is 2.39.